The van der Waals surface area contributed by atoms with Crippen LogP contribution in [0.5, 0.6) is 0 Å². The van der Waals surface area contributed by atoms with Crippen molar-refractivity contribution in [3.8, 4) is 0 Å². The Morgan fingerprint density at radius 3 is 2.30 bits per heavy atom. The third-order valence-electron chi connectivity index (χ3n) is 3.93. The van der Waals surface area contributed by atoms with Crippen molar-refractivity contribution in [3.63, 3.8) is 0 Å². The van der Waals surface area contributed by atoms with Crippen LogP contribution >= 0.6 is 31.9 Å². The summed E-state index contributed by atoms with van der Waals surface area (Å²) in [5, 5.41) is 3.37. The fourth-order valence-corrected chi connectivity index (χ4v) is 3.45. The number of halogens is 3. The van der Waals surface area contributed by atoms with E-state index in [0.717, 1.165) is 34.0 Å². The predicted molar refractivity (Wildman–Crippen MR) is 86.5 cm³/mol. The first-order valence-electron chi connectivity index (χ1n) is 6.50. The third kappa shape index (κ3) is 2.69. The van der Waals surface area contributed by atoms with Crippen molar-refractivity contribution in [1.29, 1.82) is 0 Å². The standard InChI is InChI=1S/C16H14Br2FN/c17-13-4-2-12(3-5-13)16(9-20-10-16)8-11-1-6-14(19)7-15(11)18/h1-7,20H,8-10H2. The van der Waals surface area contributed by atoms with Crippen LogP contribution in [0.25, 0.3) is 0 Å². The van der Waals surface area contributed by atoms with Crippen LogP contribution in [0.1, 0.15) is 11.1 Å². The van der Waals surface area contributed by atoms with E-state index >= 15 is 0 Å². The molecule has 0 unspecified atom stereocenters. The molecule has 1 aliphatic rings. The Morgan fingerprint density at radius 2 is 1.75 bits per heavy atom. The van der Waals surface area contributed by atoms with Gasteiger partial charge in [0.25, 0.3) is 0 Å². The highest BCUT2D eigenvalue weighted by atomic mass is 79.9. The quantitative estimate of drug-likeness (QED) is 0.806. The van der Waals surface area contributed by atoms with Gasteiger partial charge in [-0.25, -0.2) is 4.39 Å². The van der Waals surface area contributed by atoms with Gasteiger partial charge in [-0.1, -0.05) is 50.1 Å². The van der Waals surface area contributed by atoms with E-state index in [-0.39, 0.29) is 11.2 Å². The second-order valence-electron chi connectivity index (χ2n) is 5.30. The van der Waals surface area contributed by atoms with E-state index in [4.69, 9.17) is 0 Å². The molecular formula is C16H14Br2FN. The Hall–Kier alpha value is -0.710. The molecule has 1 aliphatic heterocycles. The highest BCUT2D eigenvalue weighted by Crippen LogP contribution is 2.35. The topological polar surface area (TPSA) is 12.0 Å². The maximum atomic E-state index is 13.2. The average molecular weight is 399 g/mol. The lowest BCUT2D eigenvalue weighted by atomic mass is 9.71. The summed E-state index contributed by atoms with van der Waals surface area (Å²) in [5.74, 6) is -0.204. The van der Waals surface area contributed by atoms with Gasteiger partial charge in [0, 0.05) is 27.4 Å². The number of hydrogen-bond acceptors (Lipinski definition) is 1. The van der Waals surface area contributed by atoms with Crippen molar-refractivity contribution in [2.24, 2.45) is 0 Å². The van der Waals surface area contributed by atoms with E-state index in [1.807, 2.05) is 6.07 Å². The molecule has 20 heavy (non-hydrogen) atoms. The van der Waals surface area contributed by atoms with Gasteiger partial charge in [0.2, 0.25) is 0 Å². The summed E-state index contributed by atoms with van der Waals surface area (Å²) in [6.07, 6.45) is 0.905. The molecule has 0 saturated carbocycles. The maximum Gasteiger partial charge on any atom is 0.124 e. The normalized spacial score (nSPS) is 16.8. The summed E-state index contributed by atoms with van der Waals surface area (Å²) in [4.78, 5) is 0. The molecule has 1 N–H and O–H groups in total. The molecule has 0 radical (unpaired) electrons. The highest BCUT2D eigenvalue weighted by Gasteiger charge is 2.39. The fourth-order valence-electron chi connectivity index (χ4n) is 2.69. The van der Waals surface area contributed by atoms with Gasteiger partial charge < -0.3 is 5.32 Å². The summed E-state index contributed by atoms with van der Waals surface area (Å²) in [6, 6.07) is 13.4. The molecule has 0 amide bonds. The first-order valence-corrected chi connectivity index (χ1v) is 8.08. The van der Waals surface area contributed by atoms with E-state index in [1.54, 1.807) is 0 Å². The van der Waals surface area contributed by atoms with E-state index in [9.17, 15) is 4.39 Å². The monoisotopic (exact) mass is 397 g/mol. The largest absolute Gasteiger partial charge is 0.315 e. The number of hydrogen-bond donors (Lipinski definition) is 1. The second-order valence-corrected chi connectivity index (χ2v) is 7.07. The van der Waals surface area contributed by atoms with Gasteiger partial charge >= 0.3 is 0 Å². The molecule has 104 valence electrons. The van der Waals surface area contributed by atoms with Crippen LogP contribution in [-0.2, 0) is 11.8 Å². The zero-order chi connectivity index (χ0) is 14.2. The Labute approximate surface area is 134 Å². The lowest BCUT2D eigenvalue weighted by Gasteiger charge is -2.43. The smallest absolute Gasteiger partial charge is 0.124 e. The maximum absolute atomic E-state index is 13.2. The van der Waals surface area contributed by atoms with Crippen molar-refractivity contribution in [3.05, 3.63) is 68.4 Å². The van der Waals surface area contributed by atoms with Crippen molar-refractivity contribution in [1.82, 2.24) is 5.32 Å². The molecular weight excluding hydrogens is 385 g/mol. The van der Waals surface area contributed by atoms with E-state index < -0.39 is 0 Å². The summed E-state index contributed by atoms with van der Waals surface area (Å²) in [7, 11) is 0. The molecule has 0 aromatic heterocycles. The van der Waals surface area contributed by atoms with E-state index in [2.05, 4.69) is 61.4 Å². The lowest BCUT2D eigenvalue weighted by Crippen LogP contribution is -2.58. The first-order chi connectivity index (χ1) is 9.59. The van der Waals surface area contributed by atoms with Crippen molar-refractivity contribution < 1.29 is 4.39 Å². The van der Waals surface area contributed by atoms with Gasteiger partial charge in [-0.05, 0) is 41.8 Å². The molecule has 1 saturated heterocycles. The van der Waals surface area contributed by atoms with E-state index in [0.29, 0.717) is 0 Å². The number of rotatable bonds is 3. The zero-order valence-electron chi connectivity index (χ0n) is 10.8. The van der Waals surface area contributed by atoms with Crippen LogP contribution in [0.15, 0.2) is 51.4 Å². The minimum Gasteiger partial charge on any atom is -0.315 e. The molecule has 2 aromatic carbocycles. The molecule has 0 bridgehead atoms. The lowest BCUT2D eigenvalue weighted by molar-refractivity contribution is 0.274. The zero-order valence-corrected chi connectivity index (χ0v) is 14.0. The molecule has 4 heteroatoms. The van der Waals surface area contributed by atoms with Crippen LogP contribution < -0.4 is 5.32 Å². The number of benzene rings is 2. The average Bonchev–Trinajstić information content (AvgIpc) is 2.37. The Balaban J connectivity index is 1.91. The van der Waals surface area contributed by atoms with Crippen LogP contribution in [-0.4, -0.2) is 13.1 Å². The molecule has 0 atom stereocenters. The second kappa shape index (κ2) is 5.58. The molecule has 0 spiro atoms. The predicted octanol–water partition coefficient (Wildman–Crippen LogP) is 4.43. The molecule has 1 nitrogen and oxygen atoms in total. The molecule has 1 heterocycles. The minimum atomic E-state index is -0.204. The summed E-state index contributed by atoms with van der Waals surface area (Å²) < 4.78 is 15.1. The van der Waals surface area contributed by atoms with Gasteiger partial charge in [0.05, 0.1) is 0 Å². The van der Waals surface area contributed by atoms with Crippen LogP contribution in [0.4, 0.5) is 4.39 Å². The van der Waals surface area contributed by atoms with Crippen LogP contribution in [0.2, 0.25) is 0 Å². The van der Waals surface area contributed by atoms with E-state index in [1.165, 1.54) is 17.7 Å². The first kappa shape index (κ1) is 14.2. The van der Waals surface area contributed by atoms with Gasteiger partial charge in [0.15, 0.2) is 0 Å². The Morgan fingerprint density at radius 1 is 1.05 bits per heavy atom. The van der Waals surface area contributed by atoms with Crippen molar-refractivity contribution >= 4 is 31.9 Å². The van der Waals surface area contributed by atoms with Gasteiger partial charge in [-0.3, -0.25) is 0 Å². The fraction of sp³-hybridized carbons (Fsp3) is 0.250. The Bertz CT molecular complexity index is 621. The summed E-state index contributed by atoms with van der Waals surface area (Å²) in [5.41, 5.74) is 2.59. The minimum absolute atomic E-state index is 0.112. The highest BCUT2D eigenvalue weighted by molar-refractivity contribution is 9.10. The number of nitrogens with one attached hydrogen (secondary N) is 1. The van der Waals surface area contributed by atoms with Crippen molar-refractivity contribution in [2.45, 2.75) is 11.8 Å². The van der Waals surface area contributed by atoms with Gasteiger partial charge in [0.1, 0.15) is 5.82 Å². The Kier molecular flexibility index (Phi) is 3.98. The van der Waals surface area contributed by atoms with Crippen LogP contribution in [0, 0.1) is 5.82 Å². The SMILES string of the molecule is Fc1ccc(CC2(c3ccc(Br)cc3)CNC2)c(Br)c1. The molecule has 1 fully saturated rings. The third-order valence-corrected chi connectivity index (χ3v) is 5.19. The van der Waals surface area contributed by atoms with Gasteiger partial charge in [-0.2, -0.15) is 0 Å². The van der Waals surface area contributed by atoms with Crippen LogP contribution in [0.3, 0.4) is 0 Å². The summed E-state index contributed by atoms with van der Waals surface area (Å²) >= 11 is 6.94. The van der Waals surface area contributed by atoms with Crippen molar-refractivity contribution in [2.75, 3.05) is 13.1 Å². The summed E-state index contributed by atoms with van der Waals surface area (Å²) in [6.45, 7) is 1.91. The molecule has 0 aliphatic carbocycles. The molecule has 2 aromatic rings. The molecule has 3 rings (SSSR count). The van der Waals surface area contributed by atoms with Gasteiger partial charge in [-0.15, -0.1) is 0 Å².